The van der Waals surface area contributed by atoms with Crippen molar-refractivity contribution in [3.05, 3.63) is 74.9 Å². The van der Waals surface area contributed by atoms with Crippen LogP contribution in [0.2, 0.25) is 0 Å². The molecule has 2 aromatic carbocycles. The van der Waals surface area contributed by atoms with E-state index >= 15 is 0 Å². The Morgan fingerprint density at radius 3 is 2.63 bits per heavy atom. The maximum atomic E-state index is 12.8. The molecule has 0 radical (unpaired) electrons. The standard InChI is InChI=1S/C20H17N5O4S/c1-2-11-24-19(26)15-5-3-4-6-16(15)21-20(24)30-12-17-22-18(23-29-17)13-7-9-14(10-8-13)25(27)28/h3-10H,2,11-12H2,1H3. The number of nitrogens with zero attached hydrogens (tertiary/aromatic N) is 5. The molecule has 0 N–H and O–H groups in total. The molecule has 152 valence electrons. The molecule has 0 saturated carbocycles. The van der Waals surface area contributed by atoms with Crippen LogP contribution in [-0.4, -0.2) is 24.6 Å². The predicted molar refractivity (Wildman–Crippen MR) is 112 cm³/mol. The SMILES string of the molecule is CCCn1c(SCc2nc(-c3ccc([N+](=O)[O-])cc3)no2)nc2ccccc2c1=O. The lowest BCUT2D eigenvalue weighted by Crippen LogP contribution is -2.23. The van der Waals surface area contributed by atoms with Gasteiger partial charge in [-0.2, -0.15) is 4.98 Å². The fourth-order valence-corrected chi connectivity index (χ4v) is 3.83. The van der Waals surface area contributed by atoms with Gasteiger partial charge in [-0.15, -0.1) is 0 Å². The molecule has 0 saturated heterocycles. The van der Waals surface area contributed by atoms with Crippen LogP contribution in [-0.2, 0) is 12.3 Å². The molecule has 9 nitrogen and oxygen atoms in total. The molecule has 0 aliphatic rings. The zero-order valence-corrected chi connectivity index (χ0v) is 16.8. The summed E-state index contributed by atoms with van der Waals surface area (Å²) in [5.74, 6) is 1.06. The quantitative estimate of drug-likeness (QED) is 0.189. The molecule has 0 bridgehead atoms. The third-order valence-corrected chi connectivity index (χ3v) is 5.36. The van der Waals surface area contributed by atoms with Crippen molar-refractivity contribution in [3.8, 4) is 11.4 Å². The van der Waals surface area contributed by atoms with Crippen LogP contribution in [0, 0.1) is 10.1 Å². The van der Waals surface area contributed by atoms with Gasteiger partial charge in [-0.05, 0) is 30.7 Å². The summed E-state index contributed by atoms with van der Waals surface area (Å²) in [5.41, 5.74) is 1.19. The predicted octanol–water partition coefficient (Wildman–Crippen LogP) is 4.06. The highest BCUT2D eigenvalue weighted by Gasteiger charge is 2.15. The van der Waals surface area contributed by atoms with Crippen LogP contribution in [0.4, 0.5) is 5.69 Å². The van der Waals surface area contributed by atoms with Crippen LogP contribution in [0.15, 0.2) is 63.0 Å². The molecule has 4 rings (SSSR count). The molecule has 4 aromatic rings. The molecule has 0 fully saturated rings. The number of fused-ring (bicyclic) bond motifs is 1. The van der Waals surface area contributed by atoms with Gasteiger partial charge in [-0.3, -0.25) is 19.5 Å². The van der Waals surface area contributed by atoms with Crippen LogP contribution in [0.5, 0.6) is 0 Å². The first kappa shape index (κ1) is 19.8. The third kappa shape index (κ3) is 3.94. The van der Waals surface area contributed by atoms with Crippen molar-refractivity contribution in [3.63, 3.8) is 0 Å². The topological polar surface area (TPSA) is 117 Å². The second-order valence-corrected chi connectivity index (χ2v) is 7.42. The fourth-order valence-electron chi connectivity index (χ4n) is 2.97. The summed E-state index contributed by atoms with van der Waals surface area (Å²) in [6.45, 7) is 2.57. The van der Waals surface area contributed by atoms with Gasteiger partial charge in [0.15, 0.2) is 5.16 Å². The molecule has 0 atom stereocenters. The van der Waals surface area contributed by atoms with Crippen LogP contribution in [0.1, 0.15) is 19.2 Å². The van der Waals surface area contributed by atoms with Gasteiger partial charge in [0, 0.05) is 24.2 Å². The lowest BCUT2D eigenvalue weighted by Gasteiger charge is -2.11. The Hall–Kier alpha value is -3.53. The summed E-state index contributed by atoms with van der Waals surface area (Å²) >= 11 is 1.35. The number of benzene rings is 2. The van der Waals surface area contributed by atoms with Gasteiger partial charge in [0.2, 0.25) is 11.7 Å². The first-order valence-corrected chi connectivity index (χ1v) is 10.2. The van der Waals surface area contributed by atoms with E-state index in [1.54, 1.807) is 22.8 Å². The Balaban J connectivity index is 1.57. The molecule has 2 heterocycles. The Morgan fingerprint density at radius 2 is 1.90 bits per heavy atom. The van der Waals surface area contributed by atoms with Crippen molar-refractivity contribution in [1.29, 1.82) is 0 Å². The molecule has 0 unspecified atom stereocenters. The highest BCUT2D eigenvalue weighted by Crippen LogP contribution is 2.24. The Bertz CT molecular complexity index is 1270. The first-order chi connectivity index (χ1) is 14.6. The maximum absolute atomic E-state index is 12.8. The lowest BCUT2D eigenvalue weighted by atomic mass is 10.2. The number of non-ortho nitro benzene ring substituents is 1. The largest absolute Gasteiger partial charge is 0.338 e. The molecule has 0 aliphatic carbocycles. The summed E-state index contributed by atoms with van der Waals surface area (Å²) in [5, 5.41) is 15.9. The summed E-state index contributed by atoms with van der Waals surface area (Å²) in [6, 6.07) is 13.2. The van der Waals surface area contributed by atoms with E-state index in [9.17, 15) is 14.9 Å². The minimum absolute atomic E-state index is 0.00528. The van der Waals surface area contributed by atoms with E-state index in [-0.39, 0.29) is 11.2 Å². The number of aromatic nitrogens is 4. The van der Waals surface area contributed by atoms with Gasteiger partial charge in [-0.25, -0.2) is 4.98 Å². The smallest absolute Gasteiger partial charge is 0.269 e. The molecule has 30 heavy (non-hydrogen) atoms. The average Bonchev–Trinajstić information content (AvgIpc) is 3.24. The van der Waals surface area contributed by atoms with E-state index in [2.05, 4.69) is 15.1 Å². The fraction of sp³-hybridized carbons (Fsp3) is 0.200. The van der Waals surface area contributed by atoms with Crippen LogP contribution in [0.3, 0.4) is 0 Å². The molecular weight excluding hydrogens is 406 g/mol. The Kier molecular flexibility index (Phi) is 5.57. The summed E-state index contributed by atoms with van der Waals surface area (Å²) in [7, 11) is 0. The van der Waals surface area contributed by atoms with Gasteiger partial charge in [-0.1, -0.05) is 36.0 Å². The summed E-state index contributed by atoms with van der Waals surface area (Å²) in [4.78, 5) is 32.1. The van der Waals surface area contributed by atoms with Crippen LogP contribution >= 0.6 is 11.8 Å². The van der Waals surface area contributed by atoms with E-state index in [1.165, 1.54) is 23.9 Å². The molecule has 0 spiro atoms. The van der Waals surface area contributed by atoms with Gasteiger partial charge in [0.25, 0.3) is 11.2 Å². The van der Waals surface area contributed by atoms with Gasteiger partial charge in [0.05, 0.1) is 21.6 Å². The first-order valence-electron chi connectivity index (χ1n) is 9.26. The molecule has 0 aliphatic heterocycles. The lowest BCUT2D eigenvalue weighted by molar-refractivity contribution is -0.384. The molecule has 2 aromatic heterocycles. The summed E-state index contributed by atoms with van der Waals surface area (Å²) in [6.07, 6.45) is 0.804. The second kappa shape index (κ2) is 8.46. The zero-order valence-electron chi connectivity index (χ0n) is 16.0. The van der Waals surface area contributed by atoms with Crippen LogP contribution in [0.25, 0.3) is 22.3 Å². The van der Waals surface area contributed by atoms with E-state index in [0.29, 0.717) is 45.6 Å². The van der Waals surface area contributed by atoms with E-state index in [1.807, 2.05) is 25.1 Å². The highest BCUT2D eigenvalue weighted by atomic mass is 32.2. The Morgan fingerprint density at radius 1 is 1.13 bits per heavy atom. The van der Waals surface area contributed by atoms with Gasteiger partial charge >= 0.3 is 0 Å². The van der Waals surface area contributed by atoms with Crippen molar-refractivity contribution in [2.24, 2.45) is 0 Å². The zero-order chi connectivity index (χ0) is 21.1. The van der Waals surface area contributed by atoms with Crippen LogP contribution < -0.4 is 5.56 Å². The van der Waals surface area contributed by atoms with Crippen molar-refractivity contribution in [1.82, 2.24) is 19.7 Å². The van der Waals surface area contributed by atoms with Crippen molar-refractivity contribution < 1.29 is 9.45 Å². The Labute approximate surface area is 174 Å². The van der Waals surface area contributed by atoms with Crippen molar-refractivity contribution in [2.75, 3.05) is 0 Å². The normalized spacial score (nSPS) is 11.1. The van der Waals surface area contributed by atoms with E-state index in [0.717, 1.165) is 6.42 Å². The minimum Gasteiger partial charge on any atom is -0.338 e. The monoisotopic (exact) mass is 423 g/mol. The number of thioether (sulfide) groups is 1. The average molecular weight is 423 g/mol. The number of rotatable bonds is 7. The maximum Gasteiger partial charge on any atom is 0.269 e. The number of nitro benzene ring substituents is 1. The summed E-state index contributed by atoms with van der Waals surface area (Å²) < 4.78 is 6.97. The third-order valence-electron chi connectivity index (χ3n) is 4.40. The van der Waals surface area contributed by atoms with Crippen molar-refractivity contribution in [2.45, 2.75) is 30.8 Å². The second-order valence-electron chi connectivity index (χ2n) is 6.47. The van der Waals surface area contributed by atoms with Gasteiger partial charge < -0.3 is 4.52 Å². The number of hydrogen-bond donors (Lipinski definition) is 0. The van der Waals surface area contributed by atoms with E-state index < -0.39 is 4.92 Å². The van der Waals surface area contributed by atoms with Crippen molar-refractivity contribution >= 4 is 28.4 Å². The minimum atomic E-state index is -0.464. The number of hydrogen-bond acceptors (Lipinski definition) is 8. The number of nitro groups is 1. The highest BCUT2D eigenvalue weighted by molar-refractivity contribution is 7.98. The molecular formula is C20H17N5O4S. The van der Waals surface area contributed by atoms with Gasteiger partial charge in [0.1, 0.15) is 0 Å². The molecule has 0 amide bonds. The number of para-hydroxylation sites is 1. The van der Waals surface area contributed by atoms with E-state index in [4.69, 9.17) is 4.52 Å². The molecule has 10 heteroatoms.